The number of nitrogens with one attached hydrogen (secondary N) is 1. The first-order valence-corrected chi connectivity index (χ1v) is 5.95. The van der Waals surface area contributed by atoms with E-state index >= 15 is 0 Å². The maximum atomic E-state index is 11.9. The fourth-order valence-corrected chi connectivity index (χ4v) is 1.59. The van der Waals surface area contributed by atoms with E-state index in [2.05, 4.69) is 15.7 Å². The molecule has 2 rings (SSSR count). The van der Waals surface area contributed by atoms with Crippen LogP contribution in [0.4, 0.5) is 5.69 Å². The molecular weight excluding hydrogens is 280 g/mol. The summed E-state index contributed by atoms with van der Waals surface area (Å²) in [6.45, 7) is 1.65. The van der Waals surface area contributed by atoms with Gasteiger partial charge in [0.2, 0.25) is 11.5 Å². The van der Waals surface area contributed by atoms with Gasteiger partial charge in [-0.2, -0.15) is 10.4 Å². The molecule has 20 heavy (non-hydrogen) atoms. The van der Waals surface area contributed by atoms with Crippen LogP contribution in [0.2, 0.25) is 5.02 Å². The number of aromatic nitrogens is 1. The third kappa shape index (κ3) is 3.22. The molecule has 0 spiro atoms. The monoisotopic (exact) mass is 288 g/mol. The van der Waals surface area contributed by atoms with E-state index in [1.165, 1.54) is 6.07 Å². The van der Waals surface area contributed by atoms with E-state index in [1.54, 1.807) is 37.3 Å². The highest BCUT2D eigenvalue weighted by molar-refractivity contribution is 6.51. The van der Waals surface area contributed by atoms with Crippen LogP contribution in [0, 0.1) is 18.3 Å². The van der Waals surface area contributed by atoms with E-state index in [4.69, 9.17) is 21.4 Å². The molecule has 1 heterocycles. The minimum absolute atomic E-state index is 0.0377. The average Bonchev–Trinajstić information content (AvgIpc) is 2.86. The Kier molecular flexibility index (Phi) is 4.13. The second-order valence-electron chi connectivity index (χ2n) is 3.85. The van der Waals surface area contributed by atoms with Crippen molar-refractivity contribution in [3.05, 3.63) is 46.8 Å². The highest BCUT2D eigenvalue weighted by atomic mass is 35.5. The van der Waals surface area contributed by atoms with Gasteiger partial charge in [-0.3, -0.25) is 10.2 Å². The summed E-state index contributed by atoms with van der Waals surface area (Å²) in [5.74, 6) is -0.132. The number of carbonyl (C=O) groups excluding carboxylic acids is 1. The van der Waals surface area contributed by atoms with Gasteiger partial charge in [-0.25, -0.2) is 0 Å². The van der Waals surface area contributed by atoms with Crippen LogP contribution in [-0.2, 0) is 0 Å². The van der Waals surface area contributed by atoms with Crippen molar-refractivity contribution in [3.63, 3.8) is 0 Å². The standard InChI is InChI=1S/C13H9ClN4O2/c1-8-5-11(18-20-8)13(19)12(7-15)17-16-10-4-2-3-9(14)6-10/h2-6,16H,1H3/b17-12+. The molecule has 6 nitrogen and oxygen atoms in total. The number of hydrogen-bond donors (Lipinski definition) is 1. The molecule has 0 saturated carbocycles. The molecule has 0 unspecified atom stereocenters. The molecule has 1 aromatic heterocycles. The maximum absolute atomic E-state index is 11.9. The molecule has 100 valence electrons. The van der Waals surface area contributed by atoms with Gasteiger partial charge in [-0.1, -0.05) is 22.8 Å². The van der Waals surface area contributed by atoms with Gasteiger partial charge in [0.25, 0.3) is 0 Å². The van der Waals surface area contributed by atoms with Gasteiger partial charge in [0, 0.05) is 11.1 Å². The molecule has 7 heteroatoms. The topological polar surface area (TPSA) is 91.3 Å². The zero-order chi connectivity index (χ0) is 14.5. The number of hydrazone groups is 1. The minimum atomic E-state index is -0.612. The molecular formula is C13H9ClN4O2. The zero-order valence-electron chi connectivity index (χ0n) is 10.4. The fraction of sp³-hybridized carbons (Fsp3) is 0.0769. The van der Waals surface area contributed by atoms with Crippen molar-refractivity contribution in [1.29, 1.82) is 5.26 Å². The largest absolute Gasteiger partial charge is 0.361 e. The molecule has 0 atom stereocenters. The predicted molar refractivity (Wildman–Crippen MR) is 73.7 cm³/mol. The first-order chi connectivity index (χ1) is 9.60. The first kappa shape index (κ1) is 13.8. The maximum Gasteiger partial charge on any atom is 0.245 e. The fourth-order valence-electron chi connectivity index (χ4n) is 1.40. The Labute approximate surface area is 119 Å². The Morgan fingerprint density at radius 2 is 2.30 bits per heavy atom. The van der Waals surface area contributed by atoms with Crippen LogP contribution in [-0.4, -0.2) is 16.7 Å². The second-order valence-corrected chi connectivity index (χ2v) is 4.28. The Bertz CT molecular complexity index is 715. The molecule has 1 aromatic carbocycles. The average molecular weight is 289 g/mol. The number of Topliss-reactive ketones (excluding diaryl/α,β-unsaturated/α-hetero) is 1. The minimum Gasteiger partial charge on any atom is -0.361 e. The number of carbonyl (C=O) groups is 1. The van der Waals surface area contributed by atoms with Gasteiger partial charge in [0.1, 0.15) is 11.8 Å². The second kappa shape index (κ2) is 5.99. The third-order valence-corrected chi connectivity index (χ3v) is 2.54. The van der Waals surface area contributed by atoms with Crippen molar-refractivity contribution < 1.29 is 9.32 Å². The number of hydrogen-bond acceptors (Lipinski definition) is 6. The molecule has 0 amide bonds. The van der Waals surface area contributed by atoms with Crippen molar-refractivity contribution in [1.82, 2.24) is 5.16 Å². The Morgan fingerprint density at radius 3 is 2.90 bits per heavy atom. The number of aryl methyl sites for hydroxylation is 1. The van der Waals surface area contributed by atoms with Crippen LogP contribution in [0.25, 0.3) is 0 Å². The van der Waals surface area contributed by atoms with Gasteiger partial charge in [-0.05, 0) is 25.1 Å². The summed E-state index contributed by atoms with van der Waals surface area (Å²) in [6, 6.07) is 9.89. The lowest BCUT2D eigenvalue weighted by Gasteiger charge is -2.00. The molecule has 1 N–H and O–H groups in total. The quantitative estimate of drug-likeness (QED) is 0.530. The molecule has 0 fully saturated rings. The number of ketones is 1. The SMILES string of the molecule is Cc1cc(C(=O)/C(C#N)=N/Nc2cccc(Cl)c2)no1. The van der Waals surface area contributed by atoms with E-state index < -0.39 is 5.78 Å². The van der Waals surface area contributed by atoms with Crippen molar-refractivity contribution in [2.24, 2.45) is 5.10 Å². The van der Waals surface area contributed by atoms with Gasteiger partial charge in [0.15, 0.2) is 5.69 Å². The molecule has 0 bridgehead atoms. The van der Waals surface area contributed by atoms with Gasteiger partial charge in [-0.15, -0.1) is 0 Å². The Hall–Kier alpha value is -2.65. The highest BCUT2D eigenvalue weighted by Gasteiger charge is 2.18. The van der Waals surface area contributed by atoms with Crippen LogP contribution < -0.4 is 5.43 Å². The lowest BCUT2D eigenvalue weighted by molar-refractivity contribution is 0.105. The lowest BCUT2D eigenvalue weighted by atomic mass is 10.2. The number of nitriles is 1. The van der Waals surface area contributed by atoms with Crippen molar-refractivity contribution in [2.45, 2.75) is 6.92 Å². The van der Waals surface area contributed by atoms with E-state index in [1.807, 2.05) is 0 Å². The van der Waals surface area contributed by atoms with Gasteiger partial charge in [0.05, 0.1) is 5.69 Å². The van der Waals surface area contributed by atoms with Gasteiger partial charge >= 0.3 is 0 Å². The number of rotatable bonds is 4. The van der Waals surface area contributed by atoms with Gasteiger partial charge < -0.3 is 4.52 Å². The van der Waals surface area contributed by atoms with Crippen molar-refractivity contribution >= 4 is 28.8 Å². The molecule has 0 aliphatic rings. The summed E-state index contributed by atoms with van der Waals surface area (Å²) in [5, 5.41) is 16.8. The Morgan fingerprint density at radius 1 is 1.50 bits per heavy atom. The van der Waals surface area contributed by atoms with Crippen molar-refractivity contribution in [3.8, 4) is 6.07 Å². The summed E-state index contributed by atoms with van der Waals surface area (Å²) in [5.41, 5.74) is 2.88. The van der Waals surface area contributed by atoms with Crippen LogP contribution in [0.5, 0.6) is 0 Å². The molecule has 0 aliphatic heterocycles. The summed E-state index contributed by atoms with van der Waals surface area (Å²) >= 11 is 5.81. The summed E-state index contributed by atoms with van der Waals surface area (Å²) in [6.07, 6.45) is 0. The van der Waals surface area contributed by atoms with E-state index in [0.29, 0.717) is 16.5 Å². The van der Waals surface area contributed by atoms with Crippen LogP contribution in [0.3, 0.4) is 0 Å². The van der Waals surface area contributed by atoms with Crippen LogP contribution >= 0.6 is 11.6 Å². The number of anilines is 1. The molecule has 0 aliphatic carbocycles. The number of halogens is 1. The summed E-state index contributed by atoms with van der Waals surface area (Å²) < 4.78 is 4.79. The van der Waals surface area contributed by atoms with E-state index in [-0.39, 0.29) is 11.4 Å². The smallest absolute Gasteiger partial charge is 0.245 e. The highest BCUT2D eigenvalue weighted by Crippen LogP contribution is 2.14. The van der Waals surface area contributed by atoms with Crippen LogP contribution in [0.15, 0.2) is 40.0 Å². The summed E-state index contributed by atoms with van der Waals surface area (Å²) in [4.78, 5) is 11.9. The number of benzene rings is 1. The van der Waals surface area contributed by atoms with Crippen LogP contribution in [0.1, 0.15) is 16.2 Å². The Balaban J connectivity index is 2.18. The third-order valence-electron chi connectivity index (χ3n) is 2.30. The molecule has 2 aromatic rings. The van der Waals surface area contributed by atoms with E-state index in [0.717, 1.165) is 0 Å². The molecule has 0 radical (unpaired) electrons. The van der Waals surface area contributed by atoms with E-state index in [9.17, 15) is 4.79 Å². The lowest BCUT2D eigenvalue weighted by Crippen LogP contribution is -2.14. The normalized spacial score (nSPS) is 10.9. The molecule has 0 saturated heterocycles. The predicted octanol–water partition coefficient (Wildman–Crippen LogP) is 2.81. The zero-order valence-corrected chi connectivity index (χ0v) is 11.2. The number of nitrogens with zero attached hydrogens (tertiary/aromatic N) is 3. The first-order valence-electron chi connectivity index (χ1n) is 5.57. The van der Waals surface area contributed by atoms with Crippen molar-refractivity contribution in [2.75, 3.05) is 5.43 Å². The summed E-state index contributed by atoms with van der Waals surface area (Å²) in [7, 11) is 0.